The molecule has 0 bridgehead atoms. The predicted octanol–water partition coefficient (Wildman–Crippen LogP) is 13.1. The molecule has 0 atom stereocenters. The van der Waals surface area contributed by atoms with E-state index in [1.165, 1.54) is 44.2 Å². The third-order valence-corrected chi connectivity index (χ3v) is 11.3. The molecule has 0 amide bonds. The summed E-state index contributed by atoms with van der Waals surface area (Å²) < 4.78 is 0. The van der Waals surface area contributed by atoms with Crippen LogP contribution in [0.3, 0.4) is 0 Å². The van der Waals surface area contributed by atoms with Gasteiger partial charge in [-0.1, -0.05) is 133 Å². The van der Waals surface area contributed by atoms with Gasteiger partial charge in [-0.05, 0) is 121 Å². The molecule has 0 saturated heterocycles. The lowest BCUT2D eigenvalue weighted by Crippen LogP contribution is -2.28. The molecular formula is C53H32N4. The van der Waals surface area contributed by atoms with Crippen molar-refractivity contribution in [1.29, 1.82) is 5.26 Å². The minimum absolute atomic E-state index is 0.567. The van der Waals surface area contributed by atoms with Crippen LogP contribution in [0, 0.1) is 17.9 Å². The first-order valence-corrected chi connectivity index (χ1v) is 18.9. The highest BCUT2D eigenvalue weighted by molar-refractivity contribution is 6.10. The first kappa shape index (κ1) is 33.6. The summed E-state index contributed by atoms with van der Waals surface area (Å²) in [4.78, 5) is 12.9. The first-order chi connectivity index (χ1) is 28.1. The standard InChI is InChI=1S/C53H32N4/c1-55-43-25-27-57-51(32-43)40-15-11-13-38(30-40)47-33-49-52(45-21-9-8-20-44(45)47)46-23-22-37(36-12-10-14-39(29-36)50-28-35(34-54)24-26-56-50)31-48(46)53(49,41-16-4-2-5-17-41)42-18-6-3-7-19-42/h2-33H. The number of rotatable bonds is 6. The summed E-state index contributed by atoms with van der Waals surface area (Å²) in [5.74, 6) is 0. The van der Waals surface area contributed by atoms with Crippen molar-refractivity contribution in [3.8, 4) is 62.0 Å². The van der Waals surface area contributed by atoms with E-state index in [2.05, 4.69) is 179 Å². The van der Waals surface area contributed by atoms with Crippen LogP contribution in [0.2, 0.25) is 0 Å². The average molecular weight is 725 g/mol. The zero-order valence-corrected chi connectivity index (χ0v) is 30.8. The third-order valence-electron chi connectivity index (χ3n) is 11.3. The van der Waals surface area contributed by atoms with Crippen molar-refractivity contribution in [2.24, 2.45) is 0 Å². The molecule has 0 spiro atoms. The van der Waals surface area contributed by atoms with E-state index in [1.807, 2.05) is 12.1 Å². The first-order valence-electron chi connectivity index (χ1n) is 18.9. The van der Waals surface area contributed by atoms with Crippen molar-refractivity contribution in [2.75, 3.05) is 0 Å². The van der Waals surface area contributed by atoms with Crippen LogP contribution in [0.15, 0.2) is 194 Å². The molecule has 10 rings (SSSR count). The zero-order valence-electron chi connectivity index (χ0n) is 30.8. The average Bonchev–Trinajstić information content (AvgIpc) is 3.60. The molecule has 1 aliphatic rings. The normalized spacial score (nSPS) is 12.3. The second-order valence-electron chi connectivity index (χ2n) is 14.3. The van der Waals surface area contributed by atoms with E-state index in [-0.39, 0.29) is 0 Å². The number of nitrogens with zero attached hydrogens (tertiary/aromatic N) is 4. The Labute approximate surface area is 331 Å². The van der Waals surface area contributed by atoms with Crippen LogP contribution in [0.5, 0.6) is 0 Å². The van der Waals surface area contributed by atoms with Gasteiger partial charge in [0.1, 0.15) is 0 Å². The summed E-state index contributed by atoms with van der Waals surface area (Å²) in [7, 11) is 0. The monoisotopic (exact) mass is 724 g/mol. The highest BCUT2D eigenvalue weighted by atomic mass is 14.7. The number of pyridine rings is 2. The topological polar surface area (TPSA) is 53.9 Å². The molecule has 264 valence electrons. The summed E-state index contributed by atoms with van der Waals surface area (Å²) in [6.07, 6.45) is 3.40. The molecule has 0 saturated carbocycles. The van der Waals surface area contributed by atoms with E-state index in [0.717, 1.165) is 44.8 Å². The number of hydrogen-bond donors (Lipinski definition) is 0. The summed E-state index contributed by atoms with van der Waals surface area (Å²) in [5.41, 5.74) is 15.6. The van der Waals surface area contributed by atoms with Gasteiger partial charge in [0.05, 0.1) is 35.0 Å². The number of nitriles is 1. The molecule has 2 aromatic heterocycles. The molecule has 9 aromatic rings. The lowest BCUT2D eigenvalue weighted by atomic mass is 9.67. The van der Waals surface area contributed by atoms with E-state index in [1.54, 1.807) is 24.5 Å². The van der Waals surface area contributed by atoms with Crippen molar-refractivity contribution < 1.29 is 0 Å². The van der Waals surface area contributed by atoms with E-state index in [9.17, 15) is 5.26 Å². The second kappa shape index (κ2) is 13.7. The Morgan fingerprint density at radius 3 is 1.77 bits per heavy atom. The van der Waals surface area contributed by atoms with Gasteiger partial charge in [-0.2, -0.15) is 5.26 Å². The molecule has 7 aromatic carbocycles. The Morgan fingerprint density at radius 1 is 0.474 bits per heavy atom. The van der Waals surface area contributed by atoms with Crippen molar-refractivity contribution in [3.05, 3.63) is 234 Å². The lowest BCUT2D eigenvalue weighted by molar-refractivity contribution is 0.769. The molecule has 4 nitrogen and oxygen atoms in total. The van der Waals surface area contributed by atoms with Gasteiger partial charge in [0.2, 0.25) is 0 Å². The van der Waals surface area contributed by atoms with Gasteiger partial charge in [-0.15, -0.1) is 0 Å². The number of benzene rings is 7. The number of aromatic nitrogens is 2. The predicted molar refractivity (Wildman–Crippen MR) is 230 cm³/mol. The van der Waals surface area contributed by atoms with Crippen LogP contribution in [0.25, 0.3) is 71.5 Å². The quantitative estimate of drug-likeness (QED) is 0.160. The SMILES string of the molecule is [C-]#[N+]c1ccnc(-c2cccc(-c3cc4c(c5ccccc35)-c3ccc(-c5cccc(-c6cc(C#N)ccn6)c5)cc3C4(c3ccccc3)c3ccccc3)c2)c1. The molecule has 4 heteroatoms. The fourth-order valence-electron chi connectivity index (χ4n) is 8.77. The lowest BCUT2D eigenvalue weighted by Gasteiger charge is -2.34. The smallest absolute Gasteiger partial charge is 0.190 e. The molecule has 0 radical (unpaired) electrons. The summed E-state index contributed by atoms with van der Waals surface area (Å²) in [6.45, 7) is 7.58. The largest absolute Gasteiger partial charge is 0.259 e. The van der Waals surface area contributed by atoms with E-state index >= 15 is 0 Å². The van der Waals surface area contributed by atoms with Crippen molar-refractivity contribution in [3.63, 3.8) is 0 Å². The van der Waals surface area contributed by atoms with Crippen LogP contribution in [0.1, 0.15) is 27.8 Å². The van der Waals surface area contributed by atoms with Crippen LogP contribution in [-0.2, 0) is 5.41 Å². The van der Waals surface area contributed by atoms with Gasteiger partial charge < -0.3 is 0 Å². The van der Waals surface area contributed by atoms with Crippen molar-refractivity contribution in [1.82, 2.24) is 9.97 Å². The molecular weight excluding hydrogens is 693 g/mol. The molecule has 1 aliphatic carbocycles. The maximum absolute atomic E-state index is 9.58. The maximum Gasteiger partial charge on any atom is 0.190 e. The Hall–Kier alpha value is -7.92. The molecule has 2 heterocycles. The van der Waals surface area contributed by atoms with Gasteiger partial charge >= 0.3 is 0 Å². The van der Waals surface area contributed by atoms with Gasteiger partial charge in [-0.25, -0.2) is 4.85 Å². The highest BCUT2D eigenvalue weighted by Crippen LogP contribution is 2.59. The molecule has 57 heavy (non-hydrogen) atoms. The van der Waals surface area contributed by atoms with Crippen molar-refractivity contribution >= 4 is 16.5 Å². The van der Waals surface area contributed by atoms with Crippen molar-refractivity contribution in [2.45, 2.75) is 5.41 Å². The van der Waals surface area contributed by atoms with Gasteiger partial charge in [0, 0.05) is 18.0 Å². The van der Waals surface area contributed by atoms with E-state index < -0.39 is 5.41 Å². The van der Waals surface area contributed by atoms with Crippen LogP contribution in [-0.4, -0.2) is 9.97 Å². The highest BCUT2D eigenvalue weighted by Gasteiger charge is 2.47. The van der Waals surface area contributed by atoms with Crippen LogP contribution >= 0.6 is 0 Å². The fourth-order valence-corrected chi connectivity index (χ4v) is 8.77. The minimum atomic E-state index is -0.647. The van der Waals surface area contributed by atoms with Crippen LogP contribution in [0.4, 0.5) is 5.69 Å². The zero-order chi connectivity index (χ0) is 38.3. The molecule has 0 aliphatic heterocycles. The van der Waals surface area contributed by atoms with E-state index in [0.29, 0.717) is 11.3 Å². The second-order valence-corrected chi connectivity index (χ2v) is 14.3. The Bertz CT molecular complexity index is 3060. The molecule has 0 unspecified atom stereocenters. The van der Waals surface area contributed by atoms with Gasteiger partial charge in [0.25, 0.3) is 0 Å². The molecule has 0 fully saturated rings. The Kier molecular flexibility index (Phi) is 8.11. The van der Waals surface area contributed by atoms with E-state index in [4.69, 9.17) is 6.57 Å². The van der Waals surface area contributed by atoms with Gasteiger partial charge in [0.15, 0.2) is 5.69 Å². The van der Waals surface area contributed by atoms with Gasteiger partial charge in [-0.3, -0.25) is 9.97 Å². The third kappa shape index (κ3) is 5.51. The fraction of sp³-hybridized carbons (Fsp3) is 0.0189. The Morgan fingerprint density at radius 2 is 1.07 bits per heavy atom. The summed E-state index contributed by atoms with van der Waals surface area (Å²) >= 11 is 0. The van der Waals surface area contributed by atoms with Crippen LogP contribution < -0.4 is 0 Å². The molecule has 0 N–H and O–H groups in total. The Balaban J connectivity index is 1.25. The maximum atomic E-state index is 9.58. The number of hydrogen-bond acceptors (Lipinski definition) is 3. The summed E-state index contributed by atoms with van der Waals surface area (Å²) in [6, 6.07) is 66.3. The number of fused-ring (bicyclic) bond motifs is 5. The summed E-state index contributed by atoms with van der Waals surface area (Å²) in [5, 5.41) is 11.9. The minimum Gasteiger partial charge on any atom is -0.259 e.